The van der Waals surface area contributed by atoms with Gasteiger partial charge in [0.25, 0.3) is 0 Å². The van der Waals surface area contributed by atoms with Crippen molar-refractivity contribution in [1.82, 2.24) is 0 Å². The Bertz CT molecular complexity index is 81.4. The maximum atomic E-state index is 8.57. The van der Waals surface area contributed by atoms with Gasteiger partial charge >= 0.3 is 0 Å². The highest BCUT2D eigenvalue weighted by molar-refractivity contribution is 4.50. The lowest BCUT2D eigenvalue weighted by Crippen LogP contribution is -2.21. The molecule has 0 fully saturated rings. The Balaban J connectivity index is 3.44. The average molecular weight is 162 g/mol. The molecule has 0 aromatic carbocycles. The van der Waals surface area contributed by atoms with E-state index in [0.717, 1.165) is 6.42 Å². The molecular weight excluding hydrogens is 144 g/mol. The van der Waals surface area contributed by atoms with Crippen molar-refractivity contribution in [2.24, 2.45) is 0 Å². The molecule has 1 N–H and O–H groups in total. The van der Waals surface area contributed by atoms with Gasteiger partial charge in [0.1, 0.15) is 0 Å². The normalized spacial score (nSPS) is 16.4. The fourth-order valence-electron chi connectivity index (χ4n) is 0.827. The zero-order valence-corrected chi connectivity index (χ0v) is 7.54. The van der Waals surface area contributed by atoms with Crippen LogP contribution < -0.4 is 0 Å². The van der Waals surface area contributed by atoms with E-state index >= 15 is 0 Å². The smallest absolute Gasteiger partial charge is 0.157 e. The lowest BCUT2D eigenvalue weighted by Gasteiger charge is -2.18. The molecule has 0 aromatic heterocycles. The van der Waals surface area contributed by atoms with Gasteiger partial charge in [0.15, 0.2) is 6.29 Å². The van der Waals surface area contributed by atoms with E-state index in [4.69, 9.17) is 14.6 Å². The summed E-state index contributed by atoms with van der Waals surface area (Å²) < 4.78 is 10.4. The van der Waals surface area contributed by atoms with Crippen LogP contribution in [0.2, 0.25) is 0 Å². The minimum atomic E-state index is -0.128. The van der Waals surface area contributed by atoms with Gasteiger partial charge in [-0.25, -0.2) is 0 Å². The summed E-state index contributed by atoms with van der Waals surface area (Å²) in [7, 11) is 1.62. The second-order valence-electron chi connectivity index (χ2n) is 2.53. The molecule has 0 aliphatic carbocycles. The molecule has 0 rings (SSSR count). The molecule has 3 heteroatoms. The van der Waals surface area contributed by atoms with Crippen LogP contribution in [0.25, 0.3) is 0 Å². The third-order valence-corrected chi connectivity index (χ3v) is 1.52. The van der Waals surface area contributed by atoms with E-state index in [-0.39, 0.29) is 19.0 Å². The summed E-state index contributed by atoms with van der Waals surface area (Å²) in [6.45, 7) is 4.10. The summed E-state index contributed by atoms with van der Waals surface area (Å²) in [6.07, 6.45) is 1.45. The molecule has 0 spiro atoms. The maximum Gasteiger partial charge on any atom is 0.157 e. The Morgan fingerprint density at radius 3 is 2.45 bits per heavy atom. The van der Waals surface area contributed by atoms with E-state index in [0.29, 0.717) is 6.42 Å². The fraction of sp³-hybridized carbons (Fsp3) is 1.00. The SMILES string of the molecule is CC[C@H](OC)O[C@H](C)CCO. The van der Waals surface area contributed by atoms with Crippen LogP contribution in [0.3, 0.4) is 0 Å². The number of hydrogen-bond acceptors (Lipinski definition) is 3. The molecule has 2 atom stereocenters. The van der Waals surface area contributed by atoms with Gasteiger partial charge in [-0.05, 0) is 19.8 Å². The molecule has 0 aliphatic heterocycles. The van der Waals surface area contributed by atoms with Crippen LogP contribution in [-0.2, 0) is 9.47 Å². The molecule has 0 amide bonds. The number of ether oxygens (including phenoxy) is 2. The van der Waals surface area contributed by atoms with Crippen molar-refractivity contribution < 1.29 is 14.6 Å². The zero-order valence-electron chi connectivity index (χ0n) is 7.54. The molecule has 0 saturated heterocycles. The second-order valence-corrected chi connectivity index (χ2v) is 2.53. The van der Waals surface area contributed by atoms with Gasteiger partial charge in [-0.1, -0.05) is 6.92 Å². The van der Waals surface area contributed by atoms with Gasteiger partial charge in [0.2, 0.25) is 0 Å². The van der Waals surface area contributed by atoms with E-state index < -0.39 is 0 Å². The molecule has 0 heterocycles. The highest BCUT2D eigenvalue weighted by Crippen LogP contribution is 2.05. The van der Waals surface area contributed by atoms with Crippen LogP contribution in [-0.4, -0.2) is 31.2 Å². The third-order valence-electron chi connectivity index (χ3n) is 1.52. The Morgan fingerprint density at radius 2 is 2.09 bits per heavy atom. The van der Waals surface area contributed by atoms with E-state index in [1.165, 1.54) is 0 Å². The second kappa shape index (κ2) is 6.58. The van der Waals surface area contributed by atoms with Crippen LogP contribution in [0.1, 0.15) is 26.7 Å². The van der Waals surface area contributed by atoms with Crippen LogP contribution in [0.15, 0.2) is 0 Å². The molecule has 0 radical (unpaired) electrons. The molecule has 3 nitrogen and oxygen atoms in total. The van der Waals surface area contributed by atoms with Gasteiger partial charge in [-0.2, -0.15) is 0 Å². The monoisotopic (exact) mass is 162 g/mol. The highest BCUT2D eigenvalue weighted by Gasteiger charge is 2.08. The molecule has 0 saturated carbocycles. The third kappa shape index (κ3) is 5.18. The predicted molar refractivity (Wildman–Crippen MR) is 43.3 cm³/mol. The highest BCUT2D eigenvalue weighted by atomic mass is 16.7. The minimum absolute atomic E-state index is 0.0740. The molecule has 11 heavy (non-hydrogen) atoms. The fourth-order valence-corrected chi connectivity index (χ4v) is 0.827. The number of rotatable bonds is 6. The van der Waals surface area contributed by atoms with E-state index in [9.17, 15) is 0 Å². The van der Waals surface area contributed by atoms with E-state index in [1.807, 2.05) is 13.8 Å². The minimum Gasteiger partial charge on any atom is -0.396 e. The zero-order chi connectivity index (χ0) is 8.69. The Kier molecular flexibility index (Phi) is 6.51. The summed E-state index contributed by atoms with van der Waals surface area (Å²) >= 11 is 0. The Labute approximate surface area is 68.3 Å². The topological polar surface area (TPSA) is 38.7 Å². The number of methoxy groups -OCH3 is 1. The molecular formula is C8H18O3. The van der Waals surface area contributed by atoms with Crippen LogP contribution in [0, 0.1) is 0 Å². The first kappa shape index (κ1) is 10.9. The predicted octanol–water partition coefficient (Wildman–Crippen LogP) is 1.16. The number of hydrogen-bond donors (Lipinski definition) is 1. The van der Waals surface area contributed by atoms with Crippen molar-refractivity contribution >= 4 is 0 Å². The first-order chi connectivity index (χ1) is 5.24. The number of aliphatic hydroxyl groups excluding tert-OH is 1. The first-order valence-corrected chi connectivity index (χ1v) is 4.03. The van der Waals surface area contributed by atoms with Crippen molar-refractivity contribution in [2.75, 3.05) is 13.7 Å². The van der Waals surface area contributed by atoms with E-state index in [1.54, 1.807) is 7.11 Å². The quantitative estimate of drug-likeness (QED) is 0.595. The van der Waals surface area contributed by atoms with Crippen molar-refractivity contribution in [3.8, 4) is 0 Å². The molecule has 0 aromatic rings. The van der Waals surface area contributed by atoms with Crippen molar-refractivity contribution in [1.29, 1.82) is 0 Å². The van der Waals surface area contributed by atoms with E-state index in [2.05, 4.69) is 0 Å². The Morgan fingerprint density at radius 1 is 1.45 bits per heavy atom. The van der Waals surface area contributed by atoms with Crippen LogP contribution in [0.4, 0.5) is 0 Å². The largest absolute Gasteiger partial charge is 0.396 e. The standard InChI is InChI=1S/C8H18O3/c1-4-8(10-3)11-7(2)5-6-9/h7-9H,4-6H2,1-3H3/t7-,8-/m1/s1. The van der Waals surface area contributed by atoms with Crippen LogP contribution >= 0.6 is 0 Å². The lowest BCUT2D eigenvalue weighted by molar-refractivity contribution is -0.154. The van der Waals surface area contributed by atoms with Gasteiger partial charge in [-0.15, -0.1) is 0 Å². The van der Waals surface area contributed by atoms with Gasteiger partial charge < -0.3 is 14.6 Å². The summed E-state index contributed by atoms with van der Waals surface area (Å²) in [5, 5.41) is 8.57. The molecule has 68 valence electrons. The molecule has 0 unspecified atom stereocenters. The summed E-state index contributed by atoms with van der Waals surface area (Å²) in [5.41, 5.74) is 0. The van der Waals surface area contributed by atoms with Gasteiger partial charge in [0.05, 0.1) is 6.10 Å². The van der Waals surface area contributed by atoms with Crippen molar-refractivity contribution in [3.05, 3.63) is 0 Å². The van der Waals surface area contributed by atoms with Gasteiger partial charge in [-0.3, -0.25) is 0 Å². The summed E-state index contributed by atoms with van der Waals surface area (Å²) in [5.74, 6) is 0. The average Bonchev–Trinajstić information content (AvgIpc) is 2.01. The summed E-state index contributed by atoms with van der Waals surface area (Å²) in [4.78, 5) is 0. The van der Waals surface area contributed by atoms with Crippen molar-refractivity contribution in [2.45, 2.75) is 39.1 Å². The first-order valence-electron chi connectivity index (χ1n) is 4.03. The summed E-state index contributed by atoms with van der Waals surface area (Å²) in [6, 6.07) is 0. The number of aliphatic hydroxyl groups is 1. The van der Waals surface area contributed by atoms with Gasteiger partial charge in [0, 0.05) is 13.7 Å². The lowest BCUT2D eigenvalue weighted by atomic mass is 10.3. The molecule has 0 aliphatic rings. The Hall–Kier alpha value is -0.120. The van der Waals surface area contributed by atoms with Crippen LogP contribution in [0.5, 0.6) is 0 Å². The van der Waals surface area contributed by atoms with Crippen molar-refractivity contribution in [3.63, 3.8) is 0 Å². The maximum absolute atomic E-state index is 8.57. The molecule has 0 bridgehead atoms.